The number of nitrogens with one attached hydrogen (secondary N) is 1. The van der Waals surface area contributed by atoms with Crippen molar-refractivity contribution in [2.45, 2.75) is 25.4 Å². The third kappa shape index (κ3) is 4.11. The molecule has 4 rings (SSSR count). The molecule has 0 radical (unpaired) electrons. The number of benzene rings is 2. The van der Waals surface area contributed by atoms with Crippen LogP contribution >= 0.6 is 11.3 Å². The van der Waals surface area contributed by atoms with Gasteiger partial charge in [0.2, 0.25) is 0 Å². The fraction of sp³-hybridized carbons (Fsp3) is 0.238. The predicted octanol–water partition coefficient (Wildman–Crippen LogP) is 5.02. The first-order valence-corrected chi connectivity index (χ1v) is 9.77. The Morgan fingerprint density at radius 3 is 2.67 bits per heavy atom. The van der Waals surface area contributed by atoms with Gasteiger partial charge < -0.3 is 9.64 Å². The van der Waals surface area contributed by atoms with Gasteiger partial charge in [-0.25, -0.2) is 9.78 Å². The minimum Gasteiger partial charge on any atom is -0.496 e. The van der Waals surface area contributed by atoms with Crippen LogP contribution in [0, 0.1) is 0 Å². The number of para-hydroxylation sites is 1. The molecule has 1 fully saturated rings. The summed E-state index contributed by atoms with van der Waals surface area (Å²) in [5, 5.41) is 3.58. The second-order valence-corrected chi connectivity index (χ2v) is 7.53. The minimum atomic E-state index is -0.114. The van der Waals surface area contributed by atoms with Crippen LogP contribution in [0.3, 0.4) is 0 Å². The van der Waals surface area contributed by atoms with Gasteiger partial charge in [0.15, 0.2) is 5.13 Å². The number of amides is 2. The van der Waals surface area contributed by atoms with E-state index in [2.05, 4.69) is 10.3 Å². The number of ether oxygens (including phenoxy) is 1. The quantitative estimate of drug-likeness (QED) is 0.655. The summed E-state index contributed by atoms with van der Waals surface area (Å²) in [5.41, 5.74) is 2.11. The molecular weight excluding hydrogens is 358 g/mol. The van der Waals surface area contributed by atoms with E-state index in [1.807, 2.05) is 59.5 Å². The standard InChI is InChI=1S/C21H21N3O2S/c1-26-18-10-6-5-9-16(18)14-24(17-11-12-17)21(25)23-20-22-13-19(27-20)15-7-3-2-4-8-15/h2-10,13,17H,11-12,14H2,1H3,(H,22,23,25). The normalized spacial score (nSPS) is 13.2. The Kier molecular flexibility index (Phi) is 5.07. The van der Waals surface area contributed by atoms with Crippen molar-refractivity contribution in [3.8, 4) is 16.2 Å². The number of carbonyl (C=O) groups excluding carboxylic acids is 1. The van der Waals surface area contributed by atoms with Crippen LogP contribution < -0.4 is 10.1 Å². The summed E-state index contributed by atoms with van der Waals surface area (Å²) >= 11 is 1.48. The number of rotatable bonds is 6. The summed E-state index contributed by atoms with van der Waals surface area (Å²) < 4.78 is 5.43. The van der Waals surface area contributed by atoms with Crippen molar-refractivity contribution >= 4 is 22.5 Å². The van der Waals surface area contributed by atoms with E-state index in [9.17, 15) is 4.79 Å². The number of hydrogen-bond donors (Lipinski definition) is 1. The zero-order valence-corrected chi connectivity index (χ0v) is 15.9. The molecule has 138 valence electrons. The molecule has 3 aromatic rings. The number of thiazole rings is 1. The highest BCUT2D eigenvalue weighted by molar-refractivity contribution is 7.19. The third-order valence-corrected chi connectivity index (χ3v) is 5.52. The average Bonchev–Trinajstić information content (AvgIpc) is 3.45. The summed E-state index contributed by atoms with van der Waals surface area (Å²) in [6.07, 6.45) is 3.88. The molecule has 0 atom stereocenters. The first-order chi connectivity index (χ1) is 13.2. The van der Waals surface area contributed by atoms with E-state index < -0.39 is 0 Å². The van der Waals surface area contributed by atoms with Gasteiger partial charge in [0.25, 0.3) is 0 Å². The van der Waals surface area contributed by atoms with Gasteiger partial charge in [0.1, 0.15) is 5.75 Å². The summed E-state index contributed by atoms with van der Waals surface area (Å²) in [7, 11) is 1.65. The molecule has 2 amide bonds. The average molecular weight is 379 g/mol. The second-order valence-electron chi connectivity index (χ2n) is 6.50. The summed E-state index contributed by atoms with van der Waals surface area (Å²) in [6, 6.07) is 18.0. The maximum atomic E-state index is 12.9. The van der Waals surface area contributed by atoms with Gasteiger partial charge in [-0.05, 0) is 24.5 Å². The van der Waals surface area contributed by atoms with E-state index >= 15 is 0 Å². The van der Waals surface area contributed by atoms with Gasteiger partial charge in [-0.2, -0.15) is 0 Å². The zero-order valence-electron chi connectivity index (χ0n) is 15.1. The Hall–Kier alpha value is -2.86. The van der Waals surface area contributed by atoms with Crippen LogP contribution in [0.5, 0.6) is 5.75 Å². The van der Waals surface area contributed by atoms with E-state index in [0.29, 0.717) is 11.7 Å². The molecule has 1 aliphatic rings. The van der Waals surface area contributed by atoms with Gasteiger partial charge in [0.05, 0.1) is 18.5 Å². The highest BCUT2D eigenvalue weighted by Crippen LogP contribution is 2.32. The lowest BCUT2D eigenvalue weighted by atomic mass is 10.2. The topological polar surface area (TPSA) is 54.5 Å². The number of nitrogens with zero attached hydrogens (tertiary/aromatic N) is 2. The number of methoxy groups -OCH3 is 1. The van der Waals surface area contributed by atoms with Crippen molar-refractivity contribution in [1.82, 2.24) is 9.88 Å². The van der Waals surface area contributed by atoms with E-state index in [1.165, 1.54) is 11.3 Å². The molecule has 6 heteroatoms. The van der Waals surface area contributed by atoms with E-state index in [4.69, 9.17) is 4.74 Å². The molecule has 0 spiro atoms. The first-order valence-electron chi connectivity index (χ1n) is 8.95. The Labute approximate surface area is 162 Å². The molecule has 27 heavy (non-hydrogen) atoms. The summed E-state index contributed by atoms with van der Waals surface area (Å²) in [4.78, 5) is 20.2. The van der Waals surface area contributed by atoms with E-state index in [-0.39, 0.29) is 12.1 Å². The van der Waals surface area contributed by atoms with Crippen LogP contribution in [0.25, 0.3) is 10.4 Å². The Morgan fingerprint density at radius 2 is 1.93 bits per heavy atom. The molecule has 0 saturated heterocycles. The third-order valence-electron chi connectivity index (χ3n) is 4.56. The van der Waals surface area contributed by atoms with E-state index in [1.54, 1.807) is 13.3 Å². The largest absolute Gasteiger partial charge is 0.496 e. The van der Waals surface area contributed by atoms with Crippen molar-refractivity contribution in [1.29, 1.82) is 0 Å². The predicted molar refractivity (Wildman–Crippen MR) is 108 cm³/mol. The Morgan fingerprint density at radius 1 is 1.19 bits per heavy atom. The maximum Gasteiger partial charge on any atom is 0.324 e. The number of carbonyl (C=O) groups is 1. The monoisotopic (exact) mass is 379 g/mol. The zero-order chi connectivity index (χ0) is 18.6. The molecule has 1 heterocycles. The lowest BCUT2D eigenvalue weighted by molar-refractivity contribution is 0.205. The molecule has 2 aromatic carbocycles. The SMILES string of the molecule is COc1ccccc1CN(C(=O)Nc1ncc(-c2ccccc2)s1)C1CC1. The van der Waals surface area contributed by atoms with Crippen LogP contribution in [0.2, 0.25) is 0 Å². The molecule has 1 N–H and O–H groups in total. The molecular formula is C21H21N3O2S. The summed E-state index contributed by atoms with van der Waals surface area (Å²) in [6.45, 7) is 0.525. The van der Waals surface area contributed by atoms with Crippen LogP contribution in [0.15, 0.2) is 60.8 Å². The van der Waals surface area contributed by atoms with Gasteiger partial charge in [-0.1, -0.05) is 59.9 Å². The first kappa shape index (κ1) is 17.5. The highest BCUT2D eigenvalue weighted by Gasteiger charge is 2.33. The van der Waals surface area contributed by atoms with Crippen LogP contribution in [-0.2, 0) is 6.54 Å². The number of hydrogen-bond acceptors (Lipinski definition) is 4. The molecule has 5 nitrogen and oxygen atoms in total. The van der Waals surface area contributed by atoms with Crippen LogP contribution in [-0.4, -0.2) is 29.1 Å². The molecule has 0 bridgehead atoms. The van der Waals surface area contributed by atoms with Crippen molar-refractivity contribution in [2.24, 2.45) is 0 Å². The highest BCUT2D eigenvalue weighted by atomic mass is 32.1. The van der Waals surface area contributed by atoms with Gasteiger partial charge in [-0.15, -0.1) is 0 Å². The fourth-order valence-electron chi connectivity index (χ4n) is 3.00. The number of anilines is 1. The molecule has 1 aliphatic carbocycles. The molecule has 0 aliphatic heterocycles. The lowest BCUT2D eigenvalue weighted by Gasteiger charge is -2.23. The van der Waals surface area contributed by atoms with Gasteiger partial charge in [-0.3, -0.25) is 5.32 Å². The fourth-order valence-corrected chi connectivity index (χ4v) is 3.81. The second kappa shape index (κ2) is 7.80. The van der Waals surface area contributed by atoms with Gasteiger partial charge >= 0.3 is 6.03 Å². The number of urea groups is 1. The van der Waals surface area contributed by atoms with Crippen molar-refractivity contribution in [2.75, 3.05) is 12.4 Å². The maximum absolute atomic E-state index is 12.9. The molecule has 0 unspecified atom stereocenters. The van der Waals surface area contributed by atoms with Crippen molar-refractivity contribution in [3.05, 3.63) is 66.4 Å². The summed E-state index contributed by atoms with van der Waals surface area (Å²) in [5.74, 6) is 0.802. The van der Waals surface area contributed by atoms with Crippen molar-refractivity contribution < 1.29 is 9.53 Å². The Bertz CT molecular complexity index is 922. The molecule has 1 saturated carbocycles. The van der Waals surface area contributed by atoms with Crippen molar-refractivity contribution in [3.63, 3.8) is 0 Å². The molecule has 1 aromatic heterocycles. The van der Waals surface area contributed by atoms with Crippen LogP contribution in [0.4, 0.5) is 9.93 Å². The van der Waals surface area contributed by atoms with Crippen LogP contribution in [0.1, 0.15) is 18.4 Å². The van der Waals surface area contributed by atoms with E-state index in [0.717, 1.165) is 34.6 Å². The minimum absolute atomic E-state index is 0.114. The smallest absolute Gasteiger partial charge is 0.324 e. The number of aromatic nitrogens is 1. The Balaban J connectivity index is 1.48. The lowest BCUT2D eigenvalue weighted by Crippen LogP contribution is -2.36. The van der Waals surface area contributed by atoms with Gasteiger partial charge in [0, 0.05) is 17.8 Å².